The molecule has 3 N–H and O–H groups in total. The molecule has 2 aromatic rings. The highest BCUT2D eigenvalue weighted by Gasteiger charge is 2.14. The molecule has 3 nitrogen and oxygen atoms in total. The minimum Gasteiger partial charge on any atom is -0.354 e. The number of amides is 1. The molecule has 114 valence electrons. The van der Waals surface area contributed by atoms with Crippen molar-refractivity contribution >= 4 is 45.6 Å². The molecule has 0 radical (unpaired) electrons. The number of thiophene rings is 1. The van der Waals surface area contributed by atoms with Gasteiger partial charge in [0.1, 0.15) is 6.04 Å². The van der Waals surface area contributed by atoms with E-state index >= 15 is 0 Å². The van der Waals surface area contributed by atoms with E-state index in [1.807, 2.05) is 37.3 Å². The van der Waals surface area contributed by atoms with Crippen LogP contribution in [-0.4, -0.2) is 12.5 Å². The topological polar surface area (TPSA) is 55.1 Å². The lowest BCUT2D eigenvalue weighted by atomic mass is 10.1. The van der Waals surface area contributed by atoms with Crippen molar-refractivity contribution in [3.8, 4) is 0 Å². The average Bonchev–Trinajstić information content (AvgIpc) is 2.84. The first-order valence-corrected chi connectivity index (χ1v) is 8.01. The van der Waals surface area contributed by atoms with Crippen LogP contribution in [0.25, 0.3) is 0 Å². The first kappa shape index (κ1) is 18.2. The van der Waals surface area contributed by atoms with Crippen LogP contribution in [0.15, 0.2) is 40.2 Å². The van der Waals surface area contributed by atoms with Crippen LogP contribution in [0.2, 0.25) is 0 Å². The molecule has 0 spiro atoms. The number of hydrogen-bond donors (Lipinski definition) is 2. The van der Waals surface area contributed by atoms with E-state index in [-0.39, 0.29) is 18.3 Å². The third-order valence-electron chi connectivity index (χ3n) is 3.02. The Kier molecular flexibility index (Phi) is 7.39. The number of rotatable bonds is 5. The van der Waals surface area contributed by atoms with Gasteiger partial charge < -0.3 is 11.1 Å². The maximum Gasteiger partial charge on any atom is 0.241 e. The van der Waals surface area contributed by atoms with Crippen LogP contribution in [0.1, 0.15) is 22.0 Å². The average molecular weight is 390 g/mol. The molecule has 0 aliphatic carbocycles. The summed E-state index contributed by atoms with van der Waals surface area (Å²) in [7, 11) is 0. The molecular weight excluding hydrogens is 372 g/mol. The second-order valence-corrected chi connectivity index (χ2v) is 7.18. The highest BCUT2D eigenvalue weighted by molar-refractivity contribution is 9.11. The predicted molar refractivity (Wildman–Crippen MR) is 94.1 cm³/mol. The summed E-state index contributed by atoms with van der Waals surface area (Å²) in [4.78, 5) is 13.2. The molecule has 0 aliphatic rings. The van der Waals surface area contributed by atoms with Crippen LogP contribution in [0.4, 0.5) is 0 Å². The zero-order chi connectivity index (χ0) is 14.5. The van der Waals surface area contributed by atoms with Gasteiger partial charge in [-0.15, -0.1) is 23.7 Å². The van der Waals surface area contributed by atoms with Crippen LogP contribution in [0.3, 0.4) is 0 Å². The van der Waals surface area contributed by atoms with E-state index in [9.17, 15) is 4.79 Å². The van der Waals surface area contributed by atoms with Gasteiger partial charge in [-0.3, -0.25) is 4.79 Å². The molecule has 0 bridgehead atoms. The van der Waals surface area contributed by atoms with E-state index < -0.39 is 6.04 Å². The number of nitrogens with one attached hydrogen (secondary N) is 1. The second-order valence-electron chi connectivity index (χ2n) is 4.64. The third kappa shape index (κ3) is 5.43. The van der Waals surface area contributed by atoms with Crippen LogP contribution < -0.4 is 11.1 Å². The van der Waals surface area contributed by atoms with Crippen LogP contribution in [-0.2, 0) is 11.2 Å². The summed E-state index contributed by atoms with van der Waals surface area (Å²) < 4.78 is 1.11. The minimum absolute atomic E-state index is 0. The summed E-state index contributed by atoms with van der Waals surface area (Å²) in [6.45, 7) is 2.61. The van der Waals surface area contributed by atoms with Crippen molar-refractivity contribution in [3.05, 3.63) is 56.2 Å². The second kappa shape index (κ2) is 8.54. The van der Waals surface area contributed by atoms with Crippen molar-refractivity contribution < 1.29 is 4.79 Å². The number of aryl methyl sites for hydroxylation is 1. The smallest absolute Gasteiger partial charge is 0.241 e. The molecule has 0 saturated carbocycles. The highest BCUT2D eigenvalue weighted by Crippen LogP contribution is 2.22. The van der Waals surface area contributed by atoms with Crippen molar-refractivity contribution in [3.63, 3.8) is 0 Å². The number of nitrogens with two attached hydrogens (primary N) is 1. The van der Waals surface area contributed by atoms with Gasteiger partial charge >= 0.3 is 0 Å². The molecular formula is C15H18BrClN2OS. The molecule has 6 heteroatoms. The fraction of sp³-hybridized carbons (Fsp3) is 0.267. The zero-order valence-electron chi connectivity index (χ0n) is 11.6. The monoisotopic (exact) mass is 388 g/mol. The molecule has 21 heavy (non-hydrogen) atoms. The molecule has 0 saturated heterocycles. The van der Waals surface area contributed by atoms with E-state index in [0.717, 1.165) is 21.3 Å². The van der Waals surface area contributed by atoms with E-state index in [0.29, 0.717) is 6.54 Å². The lowest BCUT2D eigenvalue weighted by Crippen LogP contribution is -2.35. The fourth-order valence-corrected chi connectivity index (χ4v) is 3.31. The lowest BCUT2D eigenvalue weighted by molar-refractivity contribution is -0.122. The van der Waals surface area contributed by atoms with Gasteiger partial charge in [0.15, 0.2) is 0 Å². The van der Waals surface area contributed by atoms with E-state index in [4.69, 9.17) is 5.73 Å². The molecule has 2 rings (SSSR count). The van der Waals surface area contributed by atoms with Gasteiger partial charge in [0.05, 0.1) is 3.79 Å². The first-order valence-electron chi connectivity index (χ1n) is 6.40. The number of benzene rings is 1. The van der Waals surface area contributed by atoms with Crippen LogP contribution >= 0.6 is 39.7 Å². The van der Waals surface area contributed by atoms with E-state index in [1.165, 1.54) is 4.88 Å². The van der Waals surface area contributed by atoms with Crippen molar-refractivity contribution in [1.82, 2.24) is 5.32 Å². The zero-order valence-corrected chi connectivity index (χ0v) is 14.9. The SMILES string of the molecule is Cc1ccc(C(N)C(=O)NCCc2ccc(Br)s2)cc1.Cl. The summed E-state index contributed by atoms with van der Waals surface area (Å²) in [6, 6.07) is 11.2. The highest BCUT2D eigenvalue weighted by atomic mass is 79.9. The maximum absolute atomic E-state index is 12.0. The standard InChI is InChI=1S/C15H17BrN2OS.ClH/c1-10-2-4-11(5-3-10)14(17)15(19)18-9-8-12-6-7-13(16)20-12;/h2-7,14H,8-9,17H2,1H3,(H,18,19);1H. The Morgan fingerprint density at radius 3 is 2.52 bits per heavy atom. The largest absolute Gasteiger partial charge is 0.354 e. The number of halogens is 2. The van der Waals surface area contributed by atoms with Crippen molar-refractivity contribution in [2.45, 2.75) is 19.4 Å². The number of carbonyl (C=O) groups excluding carboxylic acids is 1. The number of hydrogen-bond acceptors (Lipinski definition) is 3. The minimum atomic E-state index is -0.606. The maximum atomic E-state index is 12.0. The molecule has 1 amide bonds. The quantitative estimate of drug-likeness (QED) is 0.821. The molecule has 0 fully saturated rings. The summed E-state index contributed by atoms with van der Waals surface area (Å²) in [5.41, 5.74) is 7.95. The molecule has 1 atom stereocenters. The normalized spacial score (nSPS) is 11.6. The Morgan fingerprint density at radius 2 is 1.95 bits per heavy atom. The third-order valence-corrected chi connectivity index (χ3v) is 4.70. The van der Waals surface area contributed by atoms with Crippen LogP contribution in [0.5, 0.6) is 0 Å². The summed E-state index contributed by atoms with van der Waals surface area (Å²) >= 11 is 5.10. The lowest BCUT2D eigenvalue weighted by Gasteiger charge is -2.12. The van der Waals surface area contributed by atoms with Gasteiger partial charge in [-0.1, -0.05) is 29.8 Å². The predicted octanol–water partition coefficient (Wildman–Crippen LogP) is 3.60. The van der Waals surface area contributed by atoms with Gasteiger partial charge in [0.25, 0.3) is 0 Å². The Morgan fingerprint density at radius 1 is 1.29 bits per heavy atom. The molecule has 1 unspecified atom stereocenters. The Labute approximate surface area is 143 Å². The van der Waals surface area contributed by atoms with Crippen LogP contribution in [0, 0.1) is 6.92 Å². The van der Waals surface area contributed by atoms with Crippen molar-refractivity contribution in [2.75, 3.05) is 6.54 Å². The van der Waals surface area contributed by atoms with Gasteiger partial charge in [-0.2, -0.15) is 0 Å². The Hall–Kier alpha value is -0.880. The van der Waals surface area contributed by atoms with E-state index in [1.54, 1.807) is 11.3 Å². The van der Waals surface area contributed by atoms with Gasteiger partial charge in [0.2, 0.25) is 5.91 Å². The molecule has 1 aromatic carbocycles. The molecule has 0 aliphatic heterocycles. The van der Waals surface area contributed by atoms with Crippen molar-refractivity contribution in [2.24, 2.45) is 5.73 Å². The van der Waals surface area contributed by atoms with Gasteiger partial charge in [-0.25, -0.2) is 0 Å². The summed E-state index contributed by atoms with van der Waals surface area (Å²) in [5, 5.41) is 2.88. The Bertz CT molecular complexity index is 586. The first-order chi connectivity index (χ1) is 9.56. The summed E-state index contributed by atoms with van der Waals surface area (Å²) in [5.74, 6) is -0.135. The van der Waals surface area contributed by atoms with Crippen molar-refractivity contribution in [1.29, 1.82) is 0 Å². The molecule has 1 heterocycles. The molecule has 1 aromatic heterocycles. The number of carbonyl (C=O) groups is 1. The van der Waals surface area contributed by atoms with E-state index in [2.05, 4.69) is 27.3 Å². The van der Waals surface area contributed by atoms with Gasteiger partial charge in [0, 0.05) is 11.4 Å². The summed E-state index contributed by atoms with van der Waals surface area (Å²) in [6.07, 6.45) is 0.822. The fourth-order valence-electron chi connectivity index (χ4n) is 1.83. The van der Waals surface area contributed by atoms with Gasteiger partial charge in [-0.05, 0) is 47.0 Å². The Balaban J connectivity index is 0.00000220.